The molecule has 21 heavy (non-hydrogen) atoms. The van der Waals surface area contributed by atoms with Crippen molar-refractivity contribution in [3.05, 3.63) is 53.1 Å². The van der Waals surface area contributed by atoms with Crippen molar-refractivity contribution in [3.8, 4) is 0 Å². The van der Waals surface area contributed by atoms with Gasteiger partial charge in [0.1, 0.15) is 5.69 Å². The number of nitrogens with two attached hydrogens (primary N) is 1. The molecular formula is C13H8F4N2O2. The van der Waals surface area contributed by atoms with Gasteiger partial charge in [-0.1, -0.05) is 0 Å². The fourth-order valence-corrected chi connectivity index (χ4v) is 1.66. The molecular weight excluding hydrogens is 292 g/mol. The van der Waals surface area contributed by atoms with Gasteiger partial charge in [0.2, 0.25) is 0 Å². The van der Waals surface area contributed by atoms with E-state index in [1.165, 1.54) is 0 Å². The average Bonchev–Trinajstić information content (AvgIpc) is 2.41. The smallest absolute Gasteiger partial charge is 0.337 e. The Morgan fingerprint density at radius 3 is 2.10 bits per heavy atom. The fourth-order valence-electron chi connectivity index (χ4n) is 1.66. The number of hydrogen-bond donors (Lipinski definition) is 3. The molecule has 0 aliphatic heterocycles. The first-order valence-corrected chi connectivity index (χ1v) is 5.54. The largest absolute Gasteiger partial charge is 0.478 e. The number of carboxylic acids is 1. The lowest BCUT2D eigenvalue weighted by Crippen LogP contribution is -2.05. The van der Waals surface area contributed by atoms with Crippen molar-refractivity contribution in [1.82, 2.24) is 0 Å². The topological polar surface area (TPSA) is 75.3 Å². The van der Waals surface area contributed by atoms with E-state index in [1.54, 1.807) is 0 Å². The minimum atomic E-state index is -1.60. The Hall–Kier alpha value is -2.77. The zero-order valence-electron chi connectivity index (χ0n) is 10.3. The first kappa shape index (κ1) is 14.6. The molecule has 0 spiro atoms. The zero-order valence-corrected chi connectivity index (χ0v) is 10.3. The highest BCUT2D eigenvalue weighted by molar-refractivity contribution is 5.94. The van der Waals surface area contributed by atoms with Crippen molar-refractivity contribution in [2.24, 2.45) is 0 Å². The lowest BCUT2D eigenvalue weighted by atomic mass is 10.1. The van der Waals surface area contributed by atoms with Crippen LogP contribution in [0.15, 0.2) is 24.3 Å². The lowest BCUT2D eigenvalue weighted by molar-refractivity contribution is 0.0698. The molecule has 0 atom stereocenters. The van der Waals surface area contributed by atoms with E-state index in [2.05, 4.69) is 5.32 Å². The normalized spacial score (nSPS) is 10.5. The lowest BCUT2D eigenvalue weighted by Gasteiger charge is -2.11. The third kappa shape index (κ3) is 2.73. The Morgan fingerprint density at radius 2 is 1.62 bits per heavy atom. The van der Waals surface area contributed by atoms with Crippen LogP contribution in [0, 0.1) is 23.3 Å². The highest BCUT2D eigenvalue weighted by Crippen LogP contribution is 2.28. The van der Waals surface area contributed by atoms with E-state index in [-0.39, 0.29) is 23.0 Å². The van der Waals surface area contributed by atoms with E-state index in [0.717, 1.165) is 18.2 Å². The van der Waals surface area contributed by atoms with Crippen molar-refractivity contribution in [3.63, 3.8) is 0 Å². The molecule has 2 rings (SSSR count). The van der Waals surface area contributed by atoms with Crippen LogP contribution < -0.4 is 11.1 Å². The summed E-state index contributed by atoms with van der Waals surface area (Å²) in [7, 11) is 0. The van der Waals surface area contributed by atoms with Gasteiger partial charge >= 0.3 is 5.97 Å². The van der Waals surface area contributed by atoms with Gasteiger partial charge in [0, 0.05) is 17.4 Å². The highest BCUT2D eigenvalue weighted by Gasteiger charge is 2.19. The van der Waals surface area contributed by atoms with Gasteiger partial charge in [-0.25, -0.2) is 22.4 Å². The summed E-state index contributed by atoms with van der Waals surface area (Å²) in [5.74, 6) is -7.61. The molecule has 0 aliphatic carbocycles. The SMILES string of the molecule is Nc1cc(Nc2c(F)c(F)cc(F)c2F)ccc1C(=O)O. The van der Waals surface area contributed by atoms with Crippen molar-refractivity contribution in [2.45, 2.75) is 0 Å². The summed E-state index contributed by atoms with van der Waals surface area (Å²) in [6, 6.07) is 3.40. The number of aromatic carboxylic acids is 1. The van der Waals surface area contributed by atoms with Gasteiger partial charge < -0.3 is 16.2 Å². The van der Waals surface area contributed by atoms with Crippen LogP contribution in [0.5, 0.6) is 0 Å². The average molecular weight is 300 g/mol. The molecule has 0 bridgehead atoms. The summed E-state index contributed by atoms with van der Waals surface area (Å²) >= 11 is 0. The van der Waals surface area contributed by atoms with Gasteiger partial charge in [-0.2, -0.15) is 0 Å². The predicted octanol–water partition coefficient (Wildman–Crippen LogP) is 3.27. The molecule has 0 saturated carbocycles. The Balaban J connectivity index is 2.44. The molecule has 110 valence electrons. The second-order valence-electron chi connectivity index (χ2n) is 4.08. The van der Waals surface area contributed by atoms with E-state index < -0.39 is 34.9 Å². The standard InChI is InChI=1S/C13H8F4N2O2/c14-7-4-8(15)11(17)12(10(7)16)19-5-1-2-6(13(20)21)9(18)3-5/h1-4,19H,18H2,(H,20,21). The third-order valence-electron chi connectivity index (χ3n) is 2.66. The summed E-state index contributed by atoms with van der Waals surface area (Å²) in [6.45, 7) is 0. The van der Waals surface area contributed by atoms with Crippen molar-refractivity contribution in [1.29, 1.82) is 0 Å². The van der Waals surface area contributed by atoms with Crippen LogP contribution >= 0.6 is 0 Å². The summed E-state index contributed by atoms with van der Waals surface area (Å²) in [5.41, 5.74) is 4.00. The molecule has 4 N–H and O–H groups in total. The summed E-state index contributed by atoms with van der Waals surface area (Å²) in [5, 5.41) is 10.9. The first-order valence-electron chi connectivity index (χ1n) is 5.54. The van der Waals surface area contributed by atoms with Crippen molar-refractivity contribution < 1.29 is 27.5 Å². The molecule has 0 aliphatic rings. The van der Waals surface area contributed by atoms with Crippen LogP contribution in [0.4, 0.5) is 34.6 Å². The second kappa shape index (κ2) is 5.31. The van der Waals surface area contributed by atoms with Crippen LogP contribution in [-0.4, -0.2) is 11.1 Å². The van der Waals surface area contributed by atoms with Gasteiger partial charge in [0.05, 0.1) is 5.56 Å². The third-order valence-corrected chi connectivity index (χ3v) is 2.66. The quantitative estimate of drug-likeness (QED) is 0.462. The van der Waals surface area contributed by atoms with Gasteiger partial charge in [0.15, 0.2) is 23.3 Å². The first-order chi connectivity index (χ1) is 9.81. The number of rotatable bonds is 3. The fraction of sp³-hybridized carbons (Fsp3) is 0. The molecule has 2 aromatic rings. The van der Waals surface area contributed by atoms with Crippen LogP contribution in [-0.2, 0) is 0 Å². The number of nitrogens with one attached hydrogen (secondary N) is 1. The number of anilines is 3. The van der Waals surface area contributed by atoms with E-state index in [0.29, 0.717) is 0 Å². The molecule has 0 aromatic heterocycles. The Bertz CT molecular complexity index is 708. The minimum absolute atomic E-state index is 0.0275. The van der Waals surface area contributed by atoms with E-state index in [1.807, 2.05) is 0 Å². The molecule has 0 heterocycles. The van der Waals surface area contributed by atoms with Crippen molar-refractivity contribution in [2.75, 3.05) is 11.1 Å². The van der Waals surface area contributed by atoms with Crippen molar-refractivity contribution >= 4 is 23.0 Å². The molecule has 0 unspecified atom stereocenters. The van der Waals surface area contributed by atoms with Gasteiger partial charge in [-0.15, -0.1) is 0 Å². The Kier molecular flexibility index (Phi) is 3.70. The monoisotopic (exact) mass is 300 g/mol. The Morgan fingerprint density at radius 1 is 1.05 bits per heavy atom. The molecule has 0 fully saturated rings. The van der Waals surface area contributed by atoms with Crippen LogP contribution in [0.25, 0.3) is 0 Å². The summed E-state index contributed by atoms with van der Waals surface area (Å²) < 4.78 is 53.0. The number of benzene rings is 2. The van der Waals surface area contributed by atoms with E-state index in [4.69, 9.17) is 10.8 Å². The summed E-state index contributed by atoms with van der Waals surface area (Å²) in [6.07, 6.45) is 0. The van der Waals surface area contributed by atoms with Crippen LogP contribution in [0.2, 0.25) is 0 Å². The molecule has 4 nitrogen and oxygen atoms in total. The maximum Gasteiger partial charge on any atom is 0.337 e. The number of halogens is 4. The number of hydrogen-bond acceptors (Lipinski definition) is 3. The van der Waals surface area contributed by atoms with E-state index >= 15 is 0 Å². The van der Waals surface area contributed by atoms with Gasteiger partial charge in [-0.3, -0.25) is 0 Å². The predicted molar refractivity (Wildman–Crippen MR) is 67.4 cm³/mol. The molecule has 2 aromatic carbocycles. The minimum Gasteiger partial charge on any atom is -0.478 e. The highest BCUT2D eigenvalue weighted by atomic mass is 19.2. The molecule has 8 heteroatoms. The van der Waals surface area contributed by atoms with Gasteiger partial charge in [-0.05, 0) is 18.2 Å². The number of carboxylic acid groups (broad SMARTS) is 1. The van der Waals surface area contributed by atoms with Gasteiger partial charge in [0.25, 0.3) is 0 Å². The molecule has 0 radical (unpaired) electrons. The van der Waals surface area contributed by atoms with Crippen LogP contribution in [0.3, 0.4) is 0 Å². The summed E-state index contributed by atoms with van der Waals surface area (Å²) in [4.78, 5) is 10.8. The molecule has 0 amide bonds. The maximum absolute atomic E-state index is 13.5. The second-order valence-corrected chi connectivity index (χ2v) is 4.08. The maximum atomic E-state index is 13.5. The Labute approximate surface area is 115 Å². The number of carbonyl (C=O) groups is 1. The number of nitrogen functional groups attached to an aromatic ring is 1. The molecule has 0 saturated heterocycles. The van der Waals surface area contributed by atoms with E-state index in [9.17, 15) is 22.4 Å². The van der Waals surface area contributed by atoms with Crippen LogP contribution in [0.1, 0.15) is 10.4 Å². The zero-order chi connectivity index (χ0) is 15.7.